The standard InChI is InChI=1S/C15H18N4O2S/c1-9-18-11-5-4-6-12(13(11)22-9)19(2)15(20)14-16-7-10(21-3)8-17-14/h7-8,12H,4-6H2,1-3H3. The van der Waals surface area contributed by atoms with Crippen molar-refractivity contribution >= 4 is 17.2 Å². The molecule has 2 heterocycles. The van der Waals surface area contributed by atoms with Gasteiger partial charge in [-0.1, -0.05) is 0 Å². The van der Waals surface area contributed by atoms with Gasteiger partial charge >= 0.3 is 0 Å². The summed E-state index contributed by atoms with van der Waals surface area (Å²) < 4.78 is 5.02. The lowest BCUT2D eigenvalue weighted by molar-refractivity contribution is 0.0705. The molecule has 116 valence electrons. The Kier molecular flexibility index (Phi) is 4.06. The second-order valence-electron chi connectivity index (χ2n) is 5.31. The number of fused-ring (bicyclic) bond motifs is 1. The maximum Gasteiger partial charge on any atom is 0.291 e. The number of aromatic nitrogens is 3. The number of carbonyl (C=O) groups is 1. The number of carbonyl (C=O) groups excluding carboxylic acids is 1. The number of hydrogen-bond donors (Lipinski definition) is 0. The summed E-state index contributed by atoms with van der Waals surface area (Å²) in [6, 6.07) is 0.0631. The number of rotatable bonds is 3. The lowest BCUT2D eigenvalue weighted by Gasteiger charge is -2.30. The highest BCUT2D eigenvalue weighted by Crippen LogP contribution is 2.37. The van der Waals surface area contributed by atoms with E-state index in [0.29, 0.717) is 5.75 Å². The number of nitrogens with zero attached hydrogens (tertiary/aromatic N) is 4. The monoisotopic (exact) mass is 318 g/mol. The molecule has 1 aliphatic carbocycles. The summed E-state index contributed by atoms with van der Waals surface area (Å²) >= 11 is 1.68. The maximum absolute atomic E-state index is 12.6. The Balaban J connectivity index is 1.84. The van der Waals surface area contributed by atoms with E-state index in [1.165, 1.54) is 17.3 Å². The molecule has 0 fully saturated rings. The quantitative estimate of drug-likeness (QED) is 0.869. The zero-order chi connectivity index (χ0) is 15.7. The average molecular weight is 318 g/mol. The van der Waals surface area contributed by atoms with Gasteiger partial charge in [-0.25, -0.2) is 15.0 Å². The number of hydrogen-bond acceptors (Lipinski definition) is 6. The summed E-state index contributed by atoms with van der Waals surface area (Å²) in [5, 5.41) is 1.05. The fourth-order valence-corrected chi connectivity index (χ4v) is 3.87. The third-order valence-electron chi connectivity index (χ3n) is 3.87. The van der Waals surface area contributed by atoms with E-state index >= 15 is 0 Å². The Bertz CT molecular complexity index is 683. The molecule has 0 saturated heterocycles. The van der Waals surface area contributed by atoms with Crippen molar-refractivity contribution in [3.05, 3.63) is 33.8 Å². The van der Waals surface area contributed by atoms with Crippen molar-refractivity contribution in [3.8, 4) is 5.75 Å². The molecule has 1 unspecified atom stereocenters. The number of amides is 1. The Morgan fingerprint density at radius 1 is 1.41 bits per heavy atom. The smallest absolute Gasteiger partial charge is 0.291 e. The van der Waals surface area contributed by atoms with Crippen molar-refractivity contribution in [1.29, 1.82) is 0 Å². The van der Waals surface area contributed by atoms with E-state index in [1.54, 1.807) is 23.3 Å². The highest BCUT2D eigenvalue weighted by Gasteiger charge is 2.30. The molecule has 0 spiro atoms. The fourth-order valence-electron chi connectivity index (χ4n) is 2.72. The first-order chi connectivity index (χ1) is 10.6. The van der Waals surface area contributed by atoms with Gasteiger partial charge in [0.1, 0.15) is 0 Å². The highest BCUT2D eigenvalue weighted by molar-refractivity contribution is 7.11. The predicted octanol–water partition coefficient (Wildman–Crippen LogP) is 2.40. The summed E-state index contributed by atoms with van der Waals surface area (Å²) in [6.07, 6.45) is 6.01. The average Bonchev–Trinajstić information content (AvgIpc) is 2.93. The molecule has 0 bridgehead atoms. The van der Waals surface area contributed by atoms with Gasteiger partial charge in [0.2, 0.25) is 5.82 Å². The van der Waals surface area contributed by atoms with Crippen LogP contribution in [0.15, 0.2) is 12.4 Å². The van der Waals surface area contributed by atoms with Crippen LogP contribution in [-0.4, -0.2) is 39.9 Å². The van der Waals surface area contributed by atoms with Gasteiger partial charge in [-0.2, -0.15) is 0 Å². The molecule has 22 heavy (non-hydrogen) atoms. The van der Waals surface area contributed by atoms with E-state index in [-0.39, 0.29) is 17.8 Å². The number of ether oxygens (including phenoxy) is 1. The van der Waals surface area contributed by atoms with E-state index in [2.05, 4.69) is 15.0 Å². The van der Waals surface area contributed by atoms with Crippen LogP contribution < -0.4 is 4.74 Å². The molecule has 2 aromatic heterocycles. The fraction of sp³-hybridized carbons (Fsp3) is 0.467. The van der Waals surface area contributed by atoms with Crippen LogP contribution in [0, 0.1) is 6.92 Å². The molecule has 7 heteroatoms. The molecule has 0 aromatic carbocycles. The normalized spacial score (nSPS) is 17.0. The van der Waals surface area contributed by atoms with Crippen molar-refractivity contribution in [2.24, 2.45) is 0 Å². The van der Waals surface area contributed by atoms with Gasteiger partial charge in [0.25, 0.3) is 5.91 Å². The summed E-state index contributed by atoms with van der Waals surface area (Å²) in [6.45, 7) is 2.01. The topological polar surface area (TPSA) is 68.2 Å². The van der Waals surface area contributed by atoms with Crippen LogP contribution >= 0.6 is 11.3 Å². The first-order valence-corrected chi connectivity index (χ1v) is 8.01. The van der Waals surface area contributed by atoms with E-state index in [0.717, 1.165) is 30.0 Å². The molecule has 1 aliphatic rings. The van der Waals surface area contributed by atoms with Crippen LogP contribution in [-0.2, 0) is 6.42 Å². The molecular formula is C15H18N4O2S. The molecule has 1 atom stereocenters. The second-order valence-corrected chi connectivity index (χ2v) is 6.55. The molecule has 3 rings (SSSR count). The van der Waals surface area contributed by atoms with E-state index in [1.807, 2.05) is 14.0 Å². The van der Waals surface area contributed by atoms with Crippen molar-refractivity contribution in [2.75, 3.05) is 14.2 Å². The van der Waals surface area contributed by atoms with Gasteiger partial charge < -0.3 is 9.64 Å². The van der Waals surface area contributed by atoms with E-state index in [9.17, 15) is 4.79 Å². The molecule has 1 amide bonds. The molecule has 0 radical (unpaired) electrons. The molecule has 0 N–H and O–H groups in total. The van der Waals surface area contributed by atoms with Gasteiger partial charge in [0, 0.05) is 7.05 Å². The van der Waals surface area contributed by atoms with Crippen LogP contribution in [0.4, 0.5) is 0 Å². The Hall–Kier alpha value is -2.02. The van der Waals surface area contributed by atoms with Crippen molar-refractivity contribution in [1.82, 2.24) is 19.9 Å². The zero-order valence-corrected chi connectivity index (χ0v) is 13.7. The number of aryl methyl sites for hydroxylation is 2. The van der Waals surface area contributed by atoms with Crippen LogP contribution in [0.1, 0.15) is 45.1 Å². The van der Waals surface area contributed by atoms with Crippen LogP contribution in [0.3, 0.4) is 0 Å². The minimum atomic E-state index is -0.174. The van der Waals surface area contributed by atoms with Gasteiger partial charge in [0.05, 0.1) is 41.1 Å². The summed E-state index contributed by atoms with van der Waals surface area (Å²) in [7, 11) is 3.35. The number of thiazole rings is 1. The van der Waals surface area contributed by atoms with Crippen molar-refractivity contribution < 1.29 is 9.53 Å². The molecular weight excluding hydrogens is 300 g/mol. The van der Waals surface area contributed by atoms with Gasteiger partial charge in [0.15, 0.2) is 5.75 Å². The molecule has 0 aliphatic heterocycles. The summed E-state index contributed by atoms with van der Waals surface area (Å²) in [5.41, 5.74) is 1.13. The maximum atomic E-state index is 12.6. The molecule has 0 saturated carbocycles. The Morgan fingerprint density at radius 3 is 2.82 bits per heavy atom. The minimum absolute atomic E-state index is 0.0631. The van der Waals surface area contributed by atoms with Crippen molar-refractivity contribution in [2.45, 2.75) is 32.2 Å². The molecule has 6 nitrogen and oxygen atoms in total. The van der Waals surface area contributed by atoms with Gasteiger partial charge in [-0.05, 0) is 26.2 Å². The third kappa shape index (κ3) is 2.68. The van der Waals surface area contributed by atoms with E-state index < -0.39 is 0 Å². The second kappa shape index (κ2) is 6.00. The van der Waals surface area contributed by atoms with Crippen LogP contribution in [0.2, 0.25) is 0 Å². The van der Waals surface area contributed by atoms with Crippen LogP contribution in [0.5, 0.6) is 5.75 Å². The Labute approximate surface area is 133 Å². The minimum Gasteiger partial charge on any atom is -0.494 e. The number of methoxy groups -OCH3 is 1. The molecule has 2 aromatic rings. The predicted molar refractivity (Wildman–Crippen MR) is 83.2 cm³/mol. The summed E-state index contributed by atoms with van der Waals surface area (Å²) in [5.74, 6) is 0.556. The lowest BCUT2D eigenvalue weighted by Crippen LogP contribution is -2.33. The van der Waals surface area contributed by atoms with E-state index in [4.69, 9.17) is 4.74 Å². The van der Waals surface area contributed by atoms with Gasteiger partial charge in [-0.15, -0.1) is 11.3 Å². The van der Waals surface area contributed by atoms with Gasteiger partial charge in [-0.3, -0.25) is 4.79 Å². The lowest BCUT2D eigenvalue weighted by atomic mass is 9.97. The summed E-state index contributed by atoms with van der Waals surface area (Å²) in [4.78, 5) is 28.3. The first-order valence-electron chi connectivity index (χ1n) is 7.19. The third-order valence-corrected chi connectivity index (χ3v) is 4.99. The largest absolute Gasteiger partial charge is 0.494 e. The van der Waals surface area contributed by atoms with Crippen molar-refractivity contribution in [3.63, 3.8) is 0 Å². The SMILES string of the molecule is COc1cnc(C(=O)N(C)C2CCCc3nc(C)sc32)nc1. The Morgan fingerprint density at radius 2 is 2.14 bits per heavy atom. The first kappa shape index (κ1) is 14.9. The zero-order valence-electron chi connectivity index (χ0n) is 12.9. The highest BCUT2D eigenvalue weighted by atomic mass is 32.1. The van der Waals surface area contributed by atoms with Crippen LogP contribution in [0.25, 0.3) is 0 Å².